The Morgan fingerprint density at radius 2 is 1.73 bits per heavy atom. The van der Waals surface area contributed by atoms with Crippen molar-refractivity contribution in [2.45, 2.75) is 20.4 Å². The number of nitrogens with zero attached hydrogens (tertiary/aromatic N) is 5. The van der Waals surface area contributed by atoms with E-state index in [1.165, 1.54) is 6.33 Å². The molecule has 0 aliphatic heterocycles. The molecule has 37 heavy (non-hydrogen) atoms. The lowest BCUT2D eigenvalue weighted by atomic mass is 10.2. The number of hydrogen-bond donors (Lipinski definition) is 1. The molecule has 0 saturated carbocycles. The second kappa shape index (κ2) is 11.7. The number of aromatic nitrogens is 3. The van der Waals surface area contributed by atoms with Crippen molar-refractivity contribution in [1.29, 1.82) is 0 Å². The monoisotopic (exact) mass is 498 g/mol. The van der Waals surface area contributed by atoms with Crippen LogP contribution in [0.2, 0.25) is 0 Å². The van der Waals surface area contributed by atoms with Gasteiger partial charge in [-0.25, -0.2) is 19.7 Å². The third-order valence-corrected chi connectivity index (χ3v) is 5.28. The van der Waals surface area contributed by atoms with Gasteiger partial charge in [0.2, 0.25) is 11.6 Å². The molecule has 4 aromatic rings. The van der Waals surface area contributed by atoms with Gasteiger partial charge >= 0.3 is 11.7 Å². The van der Waals surface area contributed by atoms with E-state index in [1.807, 2.05) is 44.2 Å². The summed E-state index contributed by atoms with van der Waals surface area (Å²) < 4.78 is 5.25. The second-order valence-electron chi connectivity index (χ2n) is 8.61. The maximum atomic E-state index is 12.3. The quantitative estimate of drug-likeness (QED) is 0.167. The fraction of sp³-hybridized carbons (Fsp3) is 0.185. The Morgan fingerprint density at radius 3 is 2.38 bits per heavy atom. The number of hydrogen-bond acceptors (Lipinski definition) is 9. The van der Waals surface area contributed by atoms with E-state index in [0.717, 1.165) is 5.56 Å². The smallest absolute Gasteiger partial charge is 0.354 e. The Balaban J connectivity index is 1.66. The molecule has 0 saturated heterocycles. The van der Waals surface area contributed by atoms with Crippen LogP contribution in [-0.4, -0.2) is 32.5 Å². The highest BCUT2D eigenvalue weighted by Gasteiger charge is 2.29. The largest absolute Gasteiger partial charge is 0.462 e. The molecular formula is C27H26N6O4. The SMILES string of the molecule is CC(C)COC(=O)c1ccc(Nc2ncnc(N(Cc3ccccc3)c3ccccn3)c2[N+](=O)[O-])cc1. The average molecular weight is 499 g/mol. The Hall–Kier alpha value is -4.86. The minimum absolute atomic E-state index is 0.0131. The van der Waals surface area contributed by atoms with Gasteiger partial charge in [0.15, 0.2) is 0 Å². The standard InChI is InChI=1S/C27H26N6O4/c1-19(2)17-37-27(34)21-11-13-22(14-12-21)31-25-24(33(35)36)26(30-18-29-25)32(23-10-6-7-15-28-23)16-20-8-4-3-5-9-20/h3-15,18-19H,16-17H2,1-2H3,(H,29,30,31). The van der Waals surface area contributed by atoms with Gasteiger partial charge in [-0.2, -0.15) is 0 Å². The number of pyridine rings is 1. The summed E-state index contributed by atoms with van der Waals surface area (Å²) in [5.74, 6) is 0.411. The molecule has 0 radical (unpaired) electrons. The van der Waals surface area contributed by atoms with Crippen LogP contribution in [0.3, 0.4) is 0 Å². The van der Waals surface area contributed by atoms with Gasteiger partial charge in [0.25, 0.3) is 0 Å². The molecule has 1 N–H and O–H groups in total. The molecule has 0 amide bonds. The summed E-state index contributed by atoms with van der Waals surface area (Å²) in [6.07, 6.45) is 2.89. The first-order valence-corrected chi connectivity index (χ1v) is 11.7. The van der Waals surface area contributed by atoms with Gasteiger partial charge in [-0.15, -0.1) is 0 Å². The lowest BCUT2D eigenvalue weighted by Crippen LogP contribution is -2.21. The molecule has 0 fully saturated rings. The molecule has 2 heterocycles. The van der Waals surface area contributed by atoms with Crippen LogP contribution < -0.4 is 10.2 Å². The molecule has 10 nitrogen and oxygen atoms in total. The van der Waals surface area contributed by atoms with Crippen molar-refractivity contribution in [2.75, 3.05) is 16.8 Å². The first kappa shape index (κ1) is 25.2. The molecule has 0 unspecified atom stereocenters. The highest BCUT2D eigenvalue weighted by atomic mass is 16.6. The molecule has 0 bridgehead atoms. The van der Waals surface area contributed by atoms with Crippen molar-refractivity contribution in [3.05, 3.63) is 107 Å². The molecule has 188 valence electrons. The minimum Gasteiger partial charge on any atom is -0.462 e. The number of benzene rings is 2. The van der Waals surface area contributed by atoms with Gasteiger partial charge in [-0.3, -0.25) is 10.1 Å². The van der Waals surface area contributed by atoms with Gasteiger partial charge < -0.3 is 15.0 Å². The predicted molar refractivity (Wildman–Crippen MR) is 140 cm³/mol. The van der Waals surface area contributed by atoms with Gasteiger partial charge in [-0.1, -0.05) is 50.2 Å². The van der Waals surface area contributed by atoms with E-state index < -0.39 is 10.9 Å². The Kier molecular flexibility index (Phi) is 7.99. The van der Waals surface area contributed by atoms with Crippen LogP contribution in [0.15, 0.2) is 85.3 Å². The molecular weight excluding hydrogens is 472 g/mol. The number of esters is 1. The van der Waals surface area contributed by atoms with E-state index in [-0.39, 0.29) is 23.2 Å². The summed E-state index contributed by atoms with van der Waals surface area (Å²) in [4.78, 5) is 38.4. The number of carbonyl (C=O) groups excluding carboxylic acids is 1. The van der Waals surface area contributed by atoms with Gasteiger partial charge in [0.05, 0.1) is 23.6 Å². The number of anilines is 4. The van der Waals surface area contributed by atoms with Crippen LogP contribution >= 0.6 is 0 Å². The minimum atomic E-state index is -0.518. The lowest BCUT2D eigenvalue weighted by Gasteiger charge is -2.23. The van der Waals surface area contributed by atoms with E-state index in [9.17, 15) is 14.9 Å². The third kappa shape index (κ3) is 6.43. The Bertz CT molecular complexity index is 1350. The number of carbonyl (C=O) groups is 1. The topological polar surface area (TPSA) is 123 Å². The fourth-order valence-corrected chi connectivity index (χ4v) is 3.52. The van der Waals surface area contributed by atoms with Crippen LogP contribution in [0.1, 0.15) is 29.8 Å². The van der Waals surface area contributed by atoms with Crippen LogP contribution in [-0.2, 0) is 11.3 Å². The molecule has 0 atom stereocenters. The number of nitrogens with one attached hydrogen (secondary N) is 1. The maximum absolute atomic E-state index is 12.3. The highest BCUT2D eigenvalue weighted by molar-refractivity contribution is 5.90. The Labute approximate surface area is 214 Å². The van der Waals surface area contributed by atoms with Crippen LogP contribution in [0.4, 0.5) is 28.8 Å². The zero-order valence-corrected chi connectivity index (χ0v) is 20.4. The summed E-state index contributed by atoms with van der Waals surface area (Å²) in [6, 6.07) is 21.3. The first-order valence-electron chi connectivity index (χ1n) is 11.7. The van der Waals surface area contributed by atoms with Gasteiger partial charge in [-0.05, 0) is 47.9 Å². The first-order chi connectivity index (χ1) is 17.9. The van der Waals surface area contributed by atoms with Gasteiger partial charge in [0.1, 0.15) is 12.1 Å². The fourth-order valence-electron chi connectivity index (χ4n) is 3.52. The zero-order valence-electron chi connectivity index (χ0n) is 20.4. The van der Waals surface area contributed by atoms with E-state index >= 15 is 0 Å². The van der Waals surface area contributed by atoms with Gasteiger partial charge in [0, 0.05) is 11.9 Å². The third-order valence-electron chi connectivity index (χ3n) is 5.28. The second-order valence-corrected chi connectivity index (χ2v) is 8.61. The van der Waals surface area contributed by atoms with Crippen molar-refractivity contribution < 1.29 is 14.5 Å². The van der Waals surface area contributed by atoms with E-state index in [2.05, 4.69) is 20.3 Å². The van der Waals surface area contributed by atoms with E-state index in [4.69, 9.17) is 4.74 Å². The molecule has 0 spiro atoms. The van der Waals surface area contributed by atoms with Crippen LogP contribution in [0.5, 0.6) is 0 Å². The average Bonchev–Trinajstić information content (AvgIpc) is 2.91. The number of ether oxygens (including phenoxy) is 1. The Morgan fingerprint density at radius 1 is 1.00 bits per heavy atom. The number of nitro groups is 1. The van der Waals surface area contributed by atoms with Crippen molar-refractivity contribution in [1.82, 2.24) is 15.0 Å². The summed E-state index contributed by atoms with van der Waals surface area (Å²) in [5, 5.41) is 15.3. The summed E-state index contributed by atoms with van der Waals surface area (Å²) in [5.41, 5.74) is 1.52. The van der Waals surface area contributed by atoms with Crippen molar-refractivity contribution in [3.8, 4) is 0 Å². The lowest BCUT2D eigenvalue weighted by molar-refractivity contribution is -0.383. The normalized spacial score (nSPS) is 10.7. The molecule has 2 aromatic carbocycles. The maximum Gasteiger partial charge on any atom is 0.354 e. The van der Waals surface area contributed by atoms with Crippen molar-refractivity contribution in [3.63, 3.8) is 0 Å². The number of rotatable bonds is 10. The molecule has 2 aromatic heterocycles. The van der Waals surface area contributed by atoms with Crippen LogP contribution in [0.25, 0.3) is 0 Å². The highest BCUT2D eigenvalue weighted by Crippen LogP contribution is 2.37. The molecule has 10 heteroatoms. The summed E-state index contributed by atoms with van der Waals surface area (Å²) in [6.45, 7) is 4.54. The zero-order chi connectivity index (χ0) is 26.2. The van der Waals surface area contributed by atoms with E-state index in [0.29, 0.717) is 30.2 Å². The molecule has 0 aliphatic carbocycles. The molecule has 0 aliphatic rings. The summed E-state index contributed by atoms with van der Waals surface area (Å²) in [7, 11) is 0. The summed E-state index contributed by atoms with van der Waals surface area (Å²) >= 11 is 0. The van der Waals surface area contributed by atoms with E-state index in [1.54, 1.807) is 53.6 Å². The molecule has 4 rings (SSSR count). The predicted octanol–water partition coefficient (Wildman–Crippen LogP) is 5.67. The van der Waals surface area contributed by atoms with Crippen LogP contribution in [0, 0.1) is 16.0 Å². The van der Waals surface area contributed by atoms with Crippen molar-refractivity contribution in [2.24, 2.45) is 5.92 Å². The van der Waals surface area contributed by atoms with Crippen molar-refractivity contribution >= 4 is 34.8 Å².